The van der Waals surface area contributed by atoms with Gasteiger partial charge in [0.05, 0.1) is 36.1 Å². The second-order valence-corrected chi connectivity index (χ2v) is 10.8. The van der Waals surface area contributed by atoms with E-state index in [0.717, 1.165) is 27.9 Å². The van der Waals surface area contributed by atoms with Gasteiger partial charge in [0.2, 0.25) is 11.8 Å². The minimum atomic E-state index is -0.820. The van der Waals surface area contributed by atoms with Gasteiger partial charge in [-0.2, -0.15) is 0 Å². The fourth-order valence-electron chi connectivity index (χ4n) is 4.93. The number of benzene rings is 1. The Labute approximate surface area is 235 Å². The SMILES string of the molecule is COc1ccc2nccc(CN(CCCC(=O)O)CCCC3CN(c4ccc5c(c4)NC(=O)CS5)C(=O)O3)c2n1. The molecule has 0 saturated carbocycles. The van der Waals surface area contributed by atoms with Crippen LogP contribution in [0.2, 0.25) is 0 Å². The normalized spacial score (nSPS) is 16.6. The Bertz CT molecular complexity index is 1420. The molecule has 0 aliphatic carbocycles. The van der Waals surface area contributed by atoms with Crippen molar-refractivity contribution in [1.29, 1.82) is 0 Å². The summed E-state index contributed by atoms with van der Waals surface area (Å²) in [7, 11) is 1.57. The number of carboxylic acid groups (broad SMARTS) is 1. The van der Waals surface area contributed by atoms with E-state index in [1.165, 1.54) is 11.8 Å². The lowest BCUT2D eigenvalue weighted by atomic mass is 10.1. The number of methoxy groups -OCH3 is 1. The summed E-state index contributed by atoms with van der Waals surface area (Å²) in [6.45, 7) is 2.31. The fraction of sp³-hybridized carbons (Fsp3) is 0.393. The van der Waals surface area contributed by atoms with Crippen LogP contribution < -0.4 is 15.0 Å². The highest BCUT2D eigenvalue weighted by Gasteiger charge is 2.32. The molecule has 2 aliphatic rings. The highest BCUT2D eigenvalue weighted by molar-refractivity contribution is 8.00. The van der Waals surface area contributed by atoms with E-state index in [9.17, 15) is 14.4 Å². The van der Waals surface area contributed by atoms with Gasteiger partial charge in [0.1, 0.15) is 6.10 Å². The number of cyclic esters (lactones) is 1. The maximum Gasteiger partial charge on any atom is 0.414 e. The monoisotopic (exact) mass is 565 g/mol. The number of carbonyl (C=O) groups excluding carboxylic acids is 2. The lowest BCUT2D eigenvalue weighted by Gasteiger charge is -2.23. The molecule has 2 aliphatic heterocycles. The smallest absolute Gasteiger partial charge is 0.414 e. The predicted molar refractivity (Wildman–Crippen MR) is 151 cm³/mol. The maximum absolute atomic E-state index is 12.7. The third kappa shape index (κ3) is 6.62. The van der Waals surface area contributed by atoms with E-state index in [4.69, 9.17) is 14.6 Å². The van der Waals surface area contributed by atoms with Gasteiger partial charge >= 0.3 is 12.1 Å². The van der Waals surface area contributed by atoms with Crippen molar-refractivity contribution in [2.24, 2.45) is 0 Å². The van der Waals surface area contributed by atoms with Gasteiger partial charge in [-0.05, 0) is 68.2 Å². The van der Waals surface area contributed by atoms with Gasteiger partial charge in [0.25, 0.3) is 0 Å². The second kappa shape index (κ2) is 12.5. The van der Waals surface area contributed by atoms with E-state index in [1.54, 1.807) is 24.3 Å². The number of carboxylic acids is 1. The van der Waals surface area contributed by atoms with Crippen molar-refractivity contribution >= 4 is 52.1 Å². The zero-order valence-electron chi connectivity index (χ0n) is 22.2. The summed E-state index contributed by atoms with van der Waals surface area (Å²) >= 11 is 1.48. The predicted octanol–water partition coefficient (Wildman–Crippen LogP) is 4.16. The van der Waals surface area contributed by atoms with Crippen LogP contribution in [0.3, 0.4) is 0 Å². The van der Waals surface area contributed by atoms with Crippen molar-refractivity contribution in [2.45, 2.75) is 43.2 Å². The summed E-state index contributed by atoms with van der Waals surface area (Å²) in [4.78, 5) is 49.3. The van der Waals surface area contributed by atoms with Crippen molar-refractivity contribution in [2.75, 3.05) is 42.7 Å². The average Bonchev–Trinajstić information content (AvgIpc) is 3.32. The second-order valence-electron chi connectivity index (χ2n) is 9.74. The Morgan fingerprint density at radius 2 is 2.08 bits per heavy atom. The van der Waals surface area contributed by atoms with Crippen LogP contribution in [0.1, 0.15) is 31.2 Å². The minimum absolute atomic E-state index is 0.0564. The first-order valence-electron chi connectivity index (χ1n) is 13.2. The molecule has 1 unspecified atom stereocenters. The van der Waals surface area contributed by atoms with E-state index in [-0.39, 0.29) is 18.4 Å². The highest BCUT2D eigenvalue weighted by atomic mass is 32.2. The largest absolute Gasteiger partial charge is 0.481 e. The summed E-state index contributed by atoms with van der Waals surface area (Å²) in [5.74, 6) is 0.0141. The van der Waals surface area contributed by atoms with E-state index in [0.29, 0.717) is 62.0 Å². The Kier molecular flexibility index (Phi) is 8.66. The number of carbonyl (C=O) groups is 3. The van der Waals surface area contributed by atoms with Crippen LogP contribution in [-0.2, 0) is 20.9 Å². The molecule has 40 heavy (non-hydrogen) atoms. The molecule has 1 fully saturated rings. The van der Waals surface area contributed by atoms with Crippen molar-refractivity contribution < 1.29 is 29.0 Å². The number of aliphatic carboxylic acids is 1. The molecule has 0 spiro atoms. The zero-order valence-corrected chi connectivity index (χ0v) is 23.0. The number of anilines is 2. The quantitative estimate of drug-likeness (QED) is 0.330. The van der Waals surface area contributed by atoms with Crippen molar-refractivity contribution in [3.63, 3.8) is 0 Å². The molecule has 1 atom stereocenters. The van der Waals surface area contributed by atoms with Crippen LogP contribution in [-0.4, -0.2) is 76.5 Å². The maximum atomic E-state index is 12.7. The summed E-state index contributed by atoms with van der Waals surface area (Å²) in [5, 5.41) is 12.0. The molecule has 0 bridgehead atoms. The first-order valence-corrected chi connectivity index (χ1v) is 14.2. The number of amides is 2. The van der Waals surface area contributed by atoms with Crippen LogP contribution in [0.15, 0.2) is 47.5 Å². The van der Waals surface area contributed by atoms with E-state index in [2.05, 4.69) is 20.2 Å². The zero-order chi connectivity index (χ0) is 28.1. The Morgan fingerprint density at radius 1 is 1.23 bits per heavy atom. The number of hydrogen-bond acceptors (Lipinski definition) is 9. The molecule has 12 heteroatoms. The van der Waals surface area contributed by atoms with Crippen molar-refractivity contribution in [1.82, 2.24) is 14.9 Å². The van der Waals surface area contributed by atoms with E-state index >= 15 is 0 Å². The van der Waals surface area contributed by atoms with Crippen molar-refractivity contribution in [3.05, 3.63) is 48.2 Å². The van der Waals surface area contributed by atoms with Gasteiger partial charge in [-0.1, -0.05) is 0 Å². The van der Waals surface area contributed by atoms with Gasteiger partial charge in [-0.25, -0.2) is 9.78 Å². The first kappa shape index (κ1) is 27.7. The van der Waals surface area contributed by atoms with Gasteiger partial charge in [-0.3, -0.25) is 24.4 Å². The molecule has 3 aromatic rings. The molecule has 1 saturated heterocycles. The topological polar surface area (TPSA) is 134 Å². The number of ether oxygens (including phenoxy) is 2. The Balaban J connectivity index is 1.21. The number of thioether (sulfide) groups is 1. The van der Waals surface area contributed by atoms with Crippen molar-refractivity contribution in [3.8, 4) is 5.88 Å². The van der Waals surface area contributed by atoms with Gasteiger partial charge < -0.3 is 19.9 Å². The average molecular weight is 566 g/mol. The number of hydrogen-bond donors (Lipinski definition) is 2. The highest BCUT2D eigenvalue weighted by Crippen LogP contribution is 2.35. The van der Waals surface area contributed by atoms with Gasteiger partial charge in [0.15, 0.2) is 0 Å². The molecule has 2 amide bonds. The molecular formula is C28H31N5O6S. The standard InChI is InChI=1S/C28H31N5O6S/c1-38-25-9-7-21-27(31-25)18(10-11-29-21)15-32(13-3-5-26(35)36)12-2-4-20-16-33(28(37)39-20)19-6-8-23-22(14-19)30-24(34)17-40-23/h6-11,14,20H,2-5,12-13,15-17H2,1H3,(H,30,34)(H,35,36). The molecule has 0 radical (unpaired) electrons. The molecule has 4 heterocycles. The van der Waals surface area contributed by atoms with Crippen LogP contribution in [0.25, 0.3) is 11.0 Å². The van der Waals surface area contributed by atoms with E-state index in [1.807, 2.05) is 30.3 Å². The van der Waals surface area contributed by atoms with Crippen LogP contribution in [0.4, 0.5) is 16.2 Å². The summed E-state index contributed by atoms with van der Waals surface area (Å²) in [6.07, 6.45) is 3.12. The summed E-state index contributed by atoms with van der Waals surface area (Å²) in [5.41, 5.74) is 3.90. The molecule has 2 aromatic heterocycles. The lowest BCUT2D eigenvalue weighted by Crippen LogP contribution is -2.28. The number of pyridine rings is 2. The summed E-state index contributed by atoms with van der Waals surface area (Å²) < 4.78 is 10.9. The molecule has 1 aromatic carbocycles. The molecule has 2 N–H and O–H groups in total. The number of rotatable bonds is 12. The third-order valence-corrected chi connectivity index (χ3v) is 7.97. The number of nitrogens with one attached hydrogen (secondary N) is 1. The lowest BCUT2D eigenvalue weighted by molar-refractivity contribution is -0.137. The van der Waals surface area contributed by atoms with Crippen LogP contribution in [0, 0.1) is 0 Å². The summed E-state index contributed by atoms with van der Waals surface area (Å²) in [6, 6.07) is 11.2. The first-order chi connectivity index (χ1) is 19.4. The number of fused-ring (bicyclic) bond motifs is 2. The molecule has 210 valence electrons. The van der Waals surface area contributed by atoms with Crippen LogP contribution in [0.5, 0.6) is 5.88 Å². The molecular weight excluding hydrogens is 534 g/mol. The molecule has 11 nitrogen and oxygen atoms in total. The minimum Gasteiger partial charge on any atom is -0.481 e. The van der Waals surface area contributed by atoms with Gasteiger partial charge in [0, 0.05) is 35.8 Å². The Hall–Kier alpha value is -3.90. The Morgan fingerprint density at radius 3 is 2.90 bits per heavy atom. The number of nitrogens with zero attached hydrogens (tertiary/aromatic N) is 4. The fourth-order valence-corrected chi connectivity index (χ4v) is 5.72. The van der Waals surface area contributed by atoms with Gasteiger partial charge in [-0.15, -0.1) is 11.8 Å². The molecule has 5 rings (SSSR count). The third-order valence-electron chi connectivity index (χ3n) is 6.89. The van der Waals surface area contributed by atoms with E-state index < -0.39 is 12.1 Å². The number of aromatic nitrogens is 2. The van der Waals surface area contributed by atoms with Crippen LogP contribution >= 0.6 is 11.8 Å².